The fraction of sp³-hybridized carbons (Fsp3) is 0.318. The minimum absolute atomic E-state index is 0.0572. The Labute approximate surface area is 157 Å². The van der Waals surface area contributed by atoms with Gasteiger partial charge in [0.15, 0.2) is 0 Å². The van der Waals surface area contributed by atoms with Crippen LogP contribution in [0.25, 0.3) is 0 Å². The van der Waals surface area contributed by atoms with Crippen molar-refractivity contribution in [2.24, 2.45) is 0 Å². The van der Waals surface area contributed by atoms with Crippen LogP contribution >= 0.6 is 0 Å². The van der Waals surface area contributed by atoms with Gasteiger partial charge >= 0.3 is 6.03 Å². The van der Waals surface area contributed by atoms with E-state index in [1.807, 2.05) is 18.2 Å². The topological polar surface area (TPSA) is 35.6 Å². The summed E-state index contributed by atoms with van der Waals surface area (Å²) >= 11 is 0. The second-order valence-electron chi connectivity index (χ2n) is 6.68. The van der Waals surface area contributed by atoms with Gasteiger partial charge in [0, 0.05) is 26.2 Å². The minimum Gasteiger partial charge on any atom is -0.334 e. The lowest BCUT2D eigenvalue weighted by molar-refractivity contribution is 0.203. The van der Waals surface area contributed by atoms with Gasteiger partial charge < -0.3 is 15.1 Å². The summed E-state index contributed by atoms with van der Waals surface area (Å²) in [5, 5.41) is 3.01. The molecule has 4 heteroatoms. The van der Waals surface area contributed by atoms with Gasteiger partial charge in [-0.05, 0) is 37.2 Å². The first-order valence-electron chi connectivity index (χ1n) is 8.98. The average Bonchev–Trinajstić information content (AvgIpc) is 2.64. The molecule has 1 N–H and O–H groups in total. The van der Waals surface area contributed by atoms with Gasteiger partial charge in [0.1, 0.15) is 0 Å². The fourth-order valence-electron chi connectivity index (χ4n) is 2.76. The Bertz CT molecular complexity index is 680. The molecule has 0 bridgehead atoms. The lowest BCUT2D eigenvalue weighted by Crippen LogP contribution is -2.40. The van der Waals surface area contributed by atoms with E-state index in [0.29, 0.717) is 19.6 Å². The Hall–Kier alpha value is -2.59. The smallest absolute Gasteiger partial charge is 0.317 e. The third-order valence-electron chi connectivity index (χ3n) is 4.12. The van der Waals surface area contributed by atoms with Gasteiger partial charge in [0.2, 0.25) is 0 Å². The molecule has 2 amide bonds. The standard InChI is InChI=1S/C22H29N3O/c1-4-15-25(16-14-19-8-6-5-7-9-19)22(26)23-17-20-10-12-21(13-11-20)18-24(2)3/h4-13H,1,14-18H2,2-3H3,(H,23,26). The SMILES string of the molecule is C=CCN(CCc1ccccc1)C(=O)NCc1ccc(CN(C)C)cc1. The van der Waals surface area contributed by atoms with Gasteiger partial charge in [-0.3, -0.25) is 0 Å². The number of nitrogens with one attached hydrogen (secondary N) is 1. The van der Waals surface area contributed by atoms with Crippen LogP contribution in [-0.4, -0.2) is 43.0 Å². The van der Waals surface area contributed by atoms with Gasteiger partial charge in [-0.2, -0.15) is 0 Å². The number of amides is 2. The van der Waals surface area contributed by atoms with Crippen molar-refractivity contribution in [3.05, 3.63) is 83.9 Å². The van der Waals surface area contributed by atoms with E-state index in [9.17, 15) is 4.79 Å². The van der Waals surface area contributed by atoms with E-state index in [2.05, 4.69) is 67.3 Å². The second kappa shape index (κ2) is 10.4. The summed E-state index contributed by atoms with van der Waals surface area (Å²) < 4.78 is 0. The number of urea groups is 1. The van der Waals surface area contributed by atoms with Crippen LogP contribution < -0.4 is 5.32 Å². The molecule has 2 aromatic rings. The van der Waals surface area contributed by atoms with Crippen molar-refractivity contribution < 1.29 is 4.79 Å². The lowest BCUT2D eigenvalue weighted by atomic mass is 10.1. The minimum atomic E-state index is -0.0572. The highest BCUT2D eigenvalue weighted by Crippen LogP contribution is 2.07. The number of nitrogens with zero attached hydrogens (tertiary/aromatic N) is 2. The Morgan fingerprint density at radius 1 is 1.00 bits per heavy atom. The summed E-state index contributed by atoms with van der Waals surface area (Å²) in [4.78, 5) is 16.4. The van der Waals surface area contributed by atoms with Crippen LogP contribution in [0, 0.1) is 0 Å². The average molecular weight is 351 g/mol. The van der Waals surface area contributed by atoms with Crippen molar-refractivity contribution in [2.75, 3.05) is 27.2 Å². The van der Waals surface area contributed by atoms with E-state index in [1.54, 1.807) is 11.0 Å². The van der Waals surface area contributed by atoms with Crippen molar-refractivity contribution in [1.82, 2.24) is 15.1 Å². The molecule has 0 saturated heterocycles. The van der Waals surface area contributed by atoms with Gasteiger partial charge in [-0.15, -0.1) is 6.58 Å². The first-order chi connectivity index (χ1) is 12.6. The zero-order chi connectivity index (χ0) is 18.8. The molecule has 0 atom stereocenters. The number of carbonyl (C=O) groups is 1. The predicted molar refractivity (Wildman–Crippen MR) is 108 cm³/mol. The van der Waals surface area contributed by atoms with Crippen LogP contribution in [0.5, 0.6) is 0 Å². The summed E-state index contributed by atoms with van der Waals surface area (Å²) in [6, 6.07) is 18.5. The van der Waals surface area contributed by atoms with Gasteiger partial charge in [0.25, 0.3) is 0 Å². The molecule has 4 nitrogen and oxygen atoms in total. The molecular weight excluding hydrogens is 322 g/mol. The number of hydrogen-bond donors (Lipinski definition) is 1. The second-order valence-corrected chi connectivity index (χ2v) is 6.68. The van der Waals surface area contributed by atoms with Crippen molar-refractivity contribution in [2.45, 2.75) is 19.5 Å². The molecule has 0 aliphatic rings. The quantitative estimate of drug-likeness (QED) is 0.700. The van der Waals surface area contributed by atoms with Crippen molar-refractivity contribution >= 4 is 6.03 Å². The Kier molecular flexibility index (Phi) is 7.90. The van der Waals surface area contributed by atoms with E-state index < -0.39 is 0 Å². The summed E-state index contributed by atoms with van der Waals surface area (Å²) in [5.41, 5.74) is 3.59. The normalized spacial score (nSPS) is 10.6. The van der Waals surface area contributed by atoms with Crippen molar-refractivity contribution in [1.29, 1.82) is 0 Å². The van der Waals surface area contributed by atoms with Crippen LogP contribution in [0.15, 0.2) is 67.3 Å². The van der Waals surface area contributed by atoms with Crippen molar-refractivity contribution in [3.63, 3.8) is 0 Å². The lowest BCUT2D eigenvalue weighted by Gasteiger charge is -2.22. The molecule has 0 saturated carbocycles. The van der Waals surface area contributed by atoms with E-state index in [4.69, 9.17) is 0 Å². The summed E-state index contributed by atoms with van der Waals surface area (Å²) in [5.74, 6) is 0. The van der Waals surface area contributed by atoms with E-state index in [1.165, 1.54) is 11.1 Å². The monoisotopic (exact) mass is 351 g/mol. The highest BCUT2D eigenvalue weighted by molar-refractivity contribution is 5.74. The van der Waals surface area contributed by atoms with E-state index >= 15 is 0 Å². The van der Waals surface area contributed by atoms with Crippen LogP contribution in [0.3, 0.4) is 0 Å². The summed E-state index contributed by atoms with van der Waals surface area (Å²) in [7, 11) is 4.11. The molecule has 0 aliphatic heterocycles. The maximum absolute atomic E-state index is 12.5. The molecule has 138 valence electrons. The number of benzene rings is 2. The first-order valence-corrected chi connectivity index (χ1v) is 8.98. The third kappa shape index (κ3) is 6.73. The molecule has 2 rings (SSSR count). The third-order valence-corrected chi connectivity index (χ3v) is 4.12. The maximum atomic E-state index is 12.5. The molecule has 26 heavy (non-hydrogen) atoms. The van der Waals surface area contributed by atoms with Crippen LogP contribution in [0.2, 0.25) is 0 Å². The number of rotatable bonds is 9. The van der Waals surface area contributed by atoms with Crippen LogP contribution in [-0.2, 0) is 19.5 Å². The molecule has 2 aromatic carbocycles. The molecule has 0 spiro atoms. The van der Waals surface area contributed by atoms with Gasteiger partial charge in [-0.25, -0.2) is 4.79 Å². The maximum Gasteiger partial charge on any atom is 0.317 e. The highest BCUT2D eigenvalue weighted by atomic mass is 16.2. The summed E-state index contributed by atoms with van der Waals surface area (Å²) in [6.45, 7) is 6.42. The molecular formula is C22H29N3O. The van der Waals surface area contributed by atoms with Gasteiger partial charge in [-0.1, -0.05) is 60.7 Å². The zero-order valence-electron chi connectivity index (χ0n) is 15.8. The first kappa shape index (κ1) is 19.7. The molecule has 0 fully saturated rings. The van der Waals surface area contributed by atoms with E-state index in [-0.39, 0.29) is 6.03 Å². The molecule has 0 radical (unpaired) electrons. The van der Waals surface area contributed by atoms with E-state index in [0.717, 1.165) is 18.5 Å². The Balaban J connectivity index is 1.85. The highest BCUT2D eigenvalue weighted by Gasteiger charge is 2.11. The largest absolute Gasteiger partial charge is 0.334 e. The Morgan fingerprint density at radius 2 is 1.65 bits per heavy atom. The zero-order valence-corrected chi connectivity index (χ0v) is 15.8. The fourth-order valence-corrected chi connectivity index (χ4v) is 2.76. The van der Waals surface area contributed by atoms with Crippen LogP contribution in [0.4, 0.5) is 4.79 Å². The molecule has 0 aromatic heterocycles. The molecule has 0 unspecified atom stereocenters. The van der Waals surface area contributed by atoms with Crippen molar-refractivity contribution in [3.8, 4) is 0 Å². The number of hydrogen-bond acceptors (Lipinski definition) is 2. The van der Waals surface area contributed by atoms with Crippen LogP contribution in [0.1, 0.15) is 16.7 Å². The molecule has 0 aliphatic carbocycles. The van der Waals surface area contributed by atoms with Gasteiger partial charge in [0.05, 0.1) is 0 Å². The Morgan fingerprint density at radius 3 is 2.27 bits per heavy atom. The predicted octanol–water partition coefficient (Wildman–Crippen LogP) is 3.69. The number of carbonyl (C=O) groups excluding carboxylic acids is 1. The summed E-state index contributed by atoms with van der Waals surface area (Å²) in [6.07, 6.45) is 2.60. The molecule has 0 heterocycles.